The van der Waals surface area contributed by atoms with Crippen molar-refractivity contribution in [3.8, 4) is 0 Å². The predicted molar refractivity (Wildman–Crippen MR) is 64.6 cm³/mol. The van der Waals surface area contributed by atoms with Gasteiger partial charge in [-0.3, -0.25) is 4.79 Å². The Kier molecular flexibility index (Phi) is 2.35. The molecule has 0 radical (unpaired) electrons. The van der Waals surface area contributed by atoms with Gasteiger partial charge >= 0.3 is 0 Å². The van der Waals surface area contributed by atoms with Crippen molar-refractivity contribution in [2.75, 3.05) is 0 Å². The van der Waals surface area contributed by atoms with Crippen LogP contribution in [0.1, 0.15) is 27.2 Å². The van der Waals surface area contributed by atoms with Gasteiger partial charge in [0.05, 0.1) is 12.2 Å². The first kappa shape index (κ1) is 12.3. The molecule has 0 unspecified atom stereocenters. The Morgan fingerprint density at radius 2 is 1.78 bits per heavy atom. The van der Waals surface area contributed by atoms with Crippen LogP contribution in [0.4, 0.5) is 0 Å². The van der Waals surface area contributed by atoms with E-state index in [9.17, 15) is 20.1 Å². The van der Waals surface area contributed by atoms with Crippen LogP contribution in [0, 0.1) is 23.2 Å². The molecule has 3 rings (SSSR count). The second-order valence-corrected chi connectivity index (χ2v) is 6.73. The van der Waals surface area contributed by atoms with E-state index >= 15 is 0 Å². The molecule has 3 aliphatic carbocycles. The molecule has 0 saturated heterocycles. The van der Waals surface area contributed by atoms with Gasteiger partial charge in [0.15, 0.2) is 5.78 Å². The molecular formula is C14H20O4. The Morgan fingerprint density at radius 1 is 1.17 bits per heavy atom. The van der Waals surface area contributed by atoms with Crippen molar-refractivity contribution in [3.63, 3.8) is 0 Å². The highest BCUT2D eigenvalue weighted by Crippen LogP contribution is 2.62. The number of fused-ring (bicyclic) bond motifs is 2. The second-order valence-electron chi connectivity index (χ2n) is 6.73. The van der Waals surface area contributed by atoms with Crippen molar-refractivity contribution in [1.82, 2.24) is 0 Å². The van der Waals surface area contributed by atoms with Crippen molar-refractivity contribution in [2.45, 2.75) is 45.5 Å². The third-order valence-electron chi connectivity index (χ3n) is 5.28. The molecule has 4 heteroatoms. The molecule has 0 bridgehead atoms. The van der Waals surface area contributed by atoms with Gasteiger partial charge in [-0.25, -0.2) is 0 Å². The van der Waals surface area contributed by atoms with Crippen LogP contribution < -0.4 is 0 Å². The van der Waals surface area contributed by atoms with Crippen molar-refractivity contribution in [3.05, 3.63) is 11.1 Å². The smallest absolute Gasteiger partial charge is 0.190 e. The minimum Gasteiger partial charge on any atom is -0.389 e. The summed E-state index contributed by atoms with van der Waals surface area (Å²) in [5.41, 5.74) is 1.31. The van der Waals surface area contributed by atoms with E-state index in [1.54, 1.807) is 6.92 Å². The molecule has 0 spiro atoms. The molecular weight excluding hydrogens is 232 g/mol. The summed E-state index contributed by atoms with van der Waals surface area (Å²) in [7, 11) is 0. The quantitative estimate of drug-likeness (QED) is 0.578. The van der Waals surface area contributed by atoms with Crippen LogP contribution in [0.5, 0.6) is 0 Å². The molecule has 1 saturated carbocycles. The van der Waals surface area contributed by atoms with Crippen molar-refractivity contribution < 1.29 is 20.1 Å². The average Bonchev–Trinajstić information content (AvgIpc) is 2.52. The molecule has 6 atom stereocenters. The van der Waals surface area contributed by atoms with Crippen molar-refractivity contribution in [1.29, 1.82) is 0 Å². The van der Waals surface area contributed by atoms with Crippen LogP contribution in [-0.4, -0.2) is 39.4 Å². The number of Topliss-reactive ketones (excluding diaryl/α,β-unsaturated/α-hetero) is 1. The van der Waals surface area contributed by atoms with Gasteiger partial charge in [-0.1, -0.05) is 20.8 Å². The summed E-state index contributed by atoms with van der Waals surface area (Å²) < 4.78 is 0. The summed E-state index contributed by atoms with van der Waals surface area (Å²) in [5.74, 6) is -0.588. The first-order chi connectivity index (χ1) is 8.27. The van der Waals surface area contributed by atoms with Crippen molar-refractivity contribution >= 4 is 5.78 Å². The van der Waals surface area contributed by atoms with Gasteiger partial charge in [0.25, 0.3) is 0 Å². The minimum atomic E-state index is -1.33. The largest absolute Gasteiger partial charge is 0.389 e. The maximum atomic E-state index is 12.1. The fraction of sp³-hybridized carbons (Fsp3) is 0.786. The fourth-order valence-electron chi connectivity index (χ4n) is 4.32. The Hall–Kier alpha value is -0.710. The van der Waals surface area contributed by atoms with Gasteiger partial charge in [-0.05, 0) is 23.3 Å². The van der Waals surface area contributed by atoms with E-state index in [2.05, 4.69) is 13.8 Å². The summed E-state index contributed by atoms with van der Waals surface area (Å²) in [6, 6.07) is 0. The maximum absolute atomic E-state index is 12.1. The van der Waals surface area contributed by atoms with Gasteiger partial charge in [0.1, 0.15) is 6.10 Å². The fourth-order valence-corrected chi connectivity index (χ4v) is 4.32. The van der Waals surface area contributed by atoms with Gasteiger partial charge in [0, 0.05) is 17.4 Å². The summed E-state index contributed by atoms with van der Waals surface area (Å²) >= 11 is 0. The van der Waals surface area contributed by atoms with Crippen LogP contribution in [0.2, 0.25) is 0 Å². The molecule has 3 aliphatic rings. The Balaban J connectivity index is 2.06. The molecule has 4 nitrogen and oxygen atoms in total. The molecule has 0 amide bonds. The molecule has 1 fully saturated rings. The second kappa shape index (κ2) is 3.44. The number of hydrogen-bond donors (Lipinski definition) is 3. The van der Waals surface area contributed by atoms with E-state index in [0.29, 0.717) is 11.1 Å². The monoisotopic (exact) mass is 252 g/mol. The highest BCUT2D eigenvalue weighted by atomic mass is 16.3. The summed E-state index contributed by atoms with van der Waals surface area (Å²) in [6.45, 7) is 5.96. The van der Waals surface area contributed by atoms with E-state index in [0.717, 1.165) is 6.42 Å². The number of aliphatic hydroxyl groups is 3. The van der Waals surface area contributed by atoms with Gasteiger partial charge in [0.2, 0.25) is 0 Å². The lowest BCUT2D eigenvalue weighted by atomic mass is 9.54. The maximum Gasteiger partial charge on any atom is 0.190 e. The highest BCUT2D eigenvalue weighted by molar-refractivity contribution is 6.02. The van der Waals surface area contributed by atoms with E-state index < -0.39 is 18.3 Å². The summed E-state index contributed by atoms with van der Waals surface area (Å²) in [4.78, 5) is 12.1. The number of rotatable bonds is 0. The predicted octanol–water partition coefficient (Wildman–Crippen LogP) is 0.260. The number of carbonyl (C=O) groups excluding carboxylic acids is 1. The Morgan fingerprint density at radius 3 is 2.33 bits per heavy atom. The van der Waals surface area contributed by atoms with Gasteiger partial charge in [-0.2, -0.15) is 0 Å². The number of ketones is 1. The van der Waals surface area contributed by atoms with Crippen LogP contribution in [0.3, 0.4) is 0 Å². The molecule has 0 aromatic rings. The zero-order chi connectivity index (χ0) is 13.4. The summed E-state index contributed by atoms with van der Waals surface area (Å²) in [6.07, 6.45) is -2.19. The standard InChI is InChI=1S/C14H20O4/c1-5-7-8(12(17)13(18)10(5)15)6-4-14(2,3)9(6)11(7)16/h5-6,9-11,13,15-16,18H,4H2,1-3H3/t5-,6+,9+,10-,11+,13+/m0/s1. The zero-order valence-corrected chi connectivity index (χ0v) is 10.9. The number of aliphatic hydroxyl groups excluding tert-OH is 3. The number of hydrogen-bond acceptors (Lipinski definition) is 4. The average molecular weight is 252 g/mol. The van der Waals surface area contributed by atoms with Gasteiger partial charge < -0.3 is 15.3 Å². The lowest BCUT2D eigenvalue weighted by Crippen LogP contribution is -2.48. The van der Waals surface area contributed by atoms with E-state index in [4.69, 9.17) is 0 Å². The highest BCUT2D eigenvalue weighted by Gasteiger charge is 2.62. The van der Waals surface area contributed by atoms with Crippen LogP contribution in [-0.2, 0) is 4.79 Å². The SMILES string of the molecule is C[C@H]1C2=C(C(=O)[C@H](O)[C@H]1O)[C@H]1CC(C)(C)[C@H]1[C@@H]2O. The minimum absolute atomic E-state index is 0.0251. The molecule has 3 N–H and O–H groups in total. The third-order valence-corrected chi connectivity index (χ3v) is 5.28. The molecule has 0 heterocycles. The Bertz CT molecular complexity index is 451. The normalized spacial score (nSPS) is 49.8. The third kappa shape index (κ3) is 1.23. The molecule has 0 aliphatic heterocycles. The lowest BCUT2D eigenvalue weighted by Gasteiger charge is -2.50. The van der Waals surface area contributed by atoms with Crippen LogP contribution in [0.25, 0.3) is 0 Å². The van der Waals surface area contributed by atoms with Crippen LogP contribution >= 0.6 is 0 Å². The molecule has 18 heavy (non-hydrogen) atoms. The molecule has 0 aromatic heterocycles. The Labute approximate surface area is 106 Å². The number of carbonyl (C=O) groups is 1. The van der Waals surface area contributed by atoms with E-state index in [1.807, 2.05) is 0 Å². The summed E-state index contributed by atoms with van der Waals surface area (Å²) in [5, 5.41) is 30.1. The molecule has 0 aromatic carbocycles. The molecule has 100 valence electrons. The lowest BCUT2D eigenvalue weighted by molar-refractivity contribution is -0.133. The van der Waals surface area contributed by atoms with Crippen LogP contribution in [0.15, 0.2) is 11.1 Å². The first-order valence-corrected chi connectivity index (χ1v) is 6.59. The zero-order valence-electron chi connectivity index (χ0n) is 10.9. The van der Waals surface area contributed by atoms with Crippen molar-refractivity contribution in [2.24, 2.45) is 23.2 Å². The van der Waals surface area contributed by atoms with Gasteiger partial charge in [-0.15, -0.1) is 0 Å². The topological polar surface area (TPSA) is 77.8 Å². The van der Waals surface area contributed by atoms with E-state index in [1.165, 1.54) is 0 Å². The van der Waals surface area contributed by atoms with E-state index in [-0.39, 0.29) is 29.0 Å². The first-order valence-electron chi connectivity index (χ1n) is 6.59.